The summed E-state index contributed by atoms with van der Waals surface area (Å²) in [4.78, 5) is 15.2. The van der Waals surface area contributed by atoms with Crippen LogP contribution < -0.4 is 0 Å². The number of hydrogen-bond donors (Lipinski definition) is 1. The van der Waals surface area contributed by atoms with E-state index in [1.807, 2.05) is 24.3 Å². The average molecular weight is 553 g/mol. The maximum Gasteiger partial charge on any atom is 0.311 e. The smallest absolute Gasteiger partial charge is 0.311 e. The van der Waals surface area contributed by atoms with Crippen molar-refractivity contribution in [2.75, 3.05) is 32.8 Å². The Hall–Kier alpha value is -2.44. The molecule has 0 saturated carbocycles. The number of carboxylic acid groups (broad SMARTS) is 1. The van der Waals surface area contributed by atoms with Crippen molar-refractivity contribution in [1.29, 1.82) is 0 Å². The molecule has 35 heavy (non-hydrogen) atoms. The highest BCUT2D eigenvalue weighted by Gasteiger charge is 2.39. The van der Waals surface area contributed by atoms with Crippen LogP contribution in [-0.4, -0.2) is 48.8 Å². The van der Waals surface area contributed by atoms with Crippen LogP contribution in [0.25, 0.3) is 11.6 Å². The number of halogens is 2. The van der Waals surface area contributed by atoms with E-state index in [0.29, 0.717) is 10.6 Å². The monoisotopic (exact) mass is 551 g/mol. The first-order valence-electron chi connectivity index (χ1n) is 11.9. The number of morpholine rings is 1. The Morgan fingerprint density at radius 1 is 1.09 bits per heavy atom. The van der Waals surface area contributed by atoms with E-state index in [1.54, 1.807) is 12.1 Å². The number of rotatable bonds is 7. The van der Waals surface area contributed by atoms with Gasteiger partial charge in [0.15, 0.2) is 0 Å². The third-order valence-electron chi connectivity index (χ3n) is 6.98. The normalized spacial score (nSPS) is 18.7. The lowest BCUT2D eigenvalue weighted by Crippen LogP contribution is -2.37. The largest absolute Gasteiger partial charge is 0.481 e. The number of nitrogens with zero attached hydrogens (tertiary/aromatic N) is 1. The Morgan fingerprint density at radius 2 is 1.83 bits per heavy atom. The first-order chi connectivity index (χ1) is 17.0. The average Bonchev–Trinajstić information content (AvgIpc) is 3.25. The van der Waals surface area contributed by atoms with E-state index >= 15 is 0 Å². The summed E-state index contributed by atoms with van der Waals surface area (Å²) in [5.41, 5.74) is 6.11. The van der Waals surface area contributed by atoms with Crippen molar-refractivity contribution in [3.63, 3.8) is 0 Å². The molecule has 1 saturated heterocycles. The number of ether oxygens (including phenoxy) is 1. The highest BCUT2D eigenvalue weighted by molar-refractivity contribution is 9.10. The molecule has 1 N–H and O–H groups in total. The number of fused-ring (bicyclic) bond motifs is 1. The summed E-state index contributed by atoms with van der Waals surface area (Å²) in [7, 11) is 0. The molecular weight excluding hydrogens is 526 g/mol. The Morgan fingerprint density at radius 3 is 2.57 bits per heavy atom. The van der Waals surface area contributed by atoms with Gasteiger partial charge < -0.3 is 9.84 Å². The van der Waals surface area contributed by atoms with Gasteiger partial charge in [0.25, 0.3) is 0 Å². The third-order valence-corrected chi connectivity index (χ3v) is 7.93. The van der Waals surface area contributed by atoms with Crippen LogP contribution in [0.2, 0.25) is 5.02 Å². The number of aliphatic carboxylic acids is 1. The molecule has 2 atom stereocenters. The van der Waals surface area contributed by atoms with Crippen LogP contribution in [0, 0.1) is 0 Å². The molecule has 3 aromatic carbocycles. The Bertz CT molecular complexity index is 1250. The number of benzene rings is 3. The second kappa shape index (κ2) is 10.7. The third kappa shape index (κ3) is 5.24. The second-order valence-corrected chi connectivity index (χ2v) is 10.4. The first kappa shape index (κ1) is 24.3. The molecular formula is C29H27BrClNO3. The maximum absolute atomic E-state index is 12.7. The van der Waals surface area contributed by atoms with E-state index in [4.69, 9.17) is 16.3 Å². The van der Waals surface area contributed by atoms with Crippen LogP contribution in [0.1, 0.15) is 39.7 Å². The van der Waals surface area contributed by atoms with Gasteiger partial charge in [0.05, 0.1) is 19.1 Å². The van der Waals surface area contributed by atoms with E-state index in [0.717, 1.165) is 66.0 Å². The zero-order chi connectivity index (χ0) is 24.4. The van der Waals surface area contributed by atoms with Crippen LogP contribution in [0.4, 0.5) is 0 Å². The molecule has 3 aromatic rings. The lowest BCUT2D eigenvalue weighted by atomic mass is 9.77. The number of carbonyl (C=O) groups is 1. The quantitative estimate of drug-likeness (QED) is 0.364. The molecule has 1 fully saturated rings. The summed E-state index contributed by atoms with van der Waals surface area (Å²) in [6.07, 6.45) is 3.12. The van der Waals surface area contributed by atoms with Crippen LogP contribution in [0.5, 0.6) is 0 Å². The lowest BCUT2D eigenvalue weighted by molar-refractivity contribution is -0.139. The topological polar surface area (TPSA) is 49.8 Å². The molecule has 0 aromatic heterocycles. The summed E-state index contributed by atoms with van der Waals surface area (Å²) < 4.78 is 6.19. The minimum Gasteiger partial charge on any atom is -0.481 e. The predicted molar refractivity (Wildman–Crippen MR) is 144 cm³/mol. The molecule has 0 bridgehead atoms. The molecule has 1 aliphatic heterocycles. The highest BCUT2D eigenvalue weighted by atomic mass is 79.9. The van der Waals surface area contributed by atoms with Crippen LogP contribution in [0.15, 0.2) is 71.2 Å². The van der Waals surface area contributed by atoms with Crippen molar-refractivity contribution in [3.8, 4) is 0 Å². The van der Waals surface area contributed by atoms with E-state index in [9.17, 15) is 9.90 Å². The van der Waals surface area contributed by atoms with E-state index in [2.05, 4.69) is 57.2 Å². The molecule has 4 nitrogen and oxygen atoms in total. The summed E-state index contributed by atoms with van der Waals surface area (Å²) in [6.45, 7) is 4.61. The van der Waals surface area contributed by atoms with Crippen LogP contribution >= 0.6 is 27.5 Å². The van der Waals surface area contributed by atoms with Gasteiger partial charge in [-0.2, -0.15) is 0 Å². The molecule has 2 aliphatic rings. The fraction of sp³-hybridized carbons (Fsp3) is 0.276. The van der Waals surface area contributed by atoms with Gasteiger partial charge in [0.2, 0.25) is 0 Å². The van der Waals surface area contributed by atoms with Crippen molar-refractivity contribution in [3.05, 3.63) is 104 Å². The zero-order valence-electron chi connectivity index (χ0n) is 19.3. The summed E-state index contributed by atoms with van der Waals surface area (Å²) in [5, 5.41) is 10.9. The van der Waals surface area contributed by atoms with Gasteiger partial charge in [-0.05, 0) is 58.0 Å². The van der Waals surface area contributed by atoms with Crippen molar-refractivity contribution in [2.45, 2.75) is 18.3 Å². The summed E-state index contributed by atoms with van der Waals surface area (Å²) in [6, 6.07) is 22.0. The fourth-order valence-corrected chi connectivity index (χ4v) is 5.83. The highest BCUT2D eigenvalue weighted by Crippen LogP contribution is 2.51. The van der Waals surface area contributed by atoms with E-state index in [1.165, 1.54) is 5.56 Å². The number of hydrogen-bond acceptors (Lipinski definition) is 3. The van der Waals surface area contributed by atoms with Crippen molar-refractivity contribution in [2.24, 2.45) is 0 Å². The van der Waals surface area contributed by atoms with Crippen LogP contribution in [0.3, 0.4) is 0 Å². The van der Waals surface area contributed by atoms with Crippen molar-refractivity contribution in [1.82, 2.24) is 4.90 Å². The predicted octanol–water partition coefficient (Wildman–Crippen LogP) is 6.48. The number of carboxylic acids is 1. The molecule has 0 amide bonds. The molecule has 6 heteroatoms. The minimum absolute atomic E-state index is 0.322. The maximum atomic E-state index is 12.7. The van der Waals surface area contributed by atoms with Crippen molar-refractivity contribution >= 4 is 45.1 Å². The van der Waals surface area contributed by atoms with Gasteiger partial charge in [0.1, 0.15) is 0 Å². The van der Waals surface area contributed by atoms with Gasteiger partial charge in [-0.1, -0.05) is 82.1 Å². The molecule has 0 radical (unpaired) electrons. The summed E-state index contributed by atoms with van der Waals surface area (Å²) >= 11 is 9.86. The number of allylic oxidation sites excluding steroid dienone is 1. The molecule has 0 spiro atoms. The molecule has 2 unspecified atom stereocenters. The van der Waals surface area contributed by atoms with Gasteiger partial charge >= 0.3 is 5.97 Å². The standard InChI is InChI=1S/C29H27BrClNO3/c30-26-10-9-22(31)18-25(26)28(29(33)34)27-23-4-2-1-3-21(23)17-24(27)20-7-5-19(6-8-20)11-12-32-13-15-35-16-14-32/h1-10,17-18,27-28H,11-16H2,(H,33,34). The van der Waals surface area contributed by atoms with E-state index in [-0.39, 0.29) is 5.92 Å². The second-order valence-electron chi connectivity index (χ2n) is 9.09. The SMILES string of the molecule is O=C(O)C(c1cc(Cl)ccc1Br)C1C(c2ccc(CCN3CCOCC3)cc2)=Cc2ccccc21. The van der Waals surface area contributed by atoms with Crippen LogP contribution in [-0.2, 0) is 16.0 Å². The lowest BCUT2D eigenvalue weighted by Gasteiger charge is -2.27. The van der Waals surface area contributed by atoms with E-state index < -0.39 is 11.9 Å². The first-order valence-corrected chi connectivity index (χ1v) is 13.1. The molecule has 5 rings (SSSR count). The molecule has 180 valence electrons. The Balaban J connectivity index is 1.46. The zero-order valence-corrected chi connectivity index (χ0v) is 21.6. The Labute approximate surface area is 219 Å². The summed E-state index contributed by atoms with van der Waals surface area (Å²) in [5.74, 6) is -1.97. The van der Waals surface area contributed by atoms with Crippen molar-refractivity contribution < 1.29 is 14.6 Å². The fourth-order valence-electron chi connectivity index (χ4n) is 5.16. The van der Waals surface area contributed by atoms with Gasteiger partial charge in [-0.25, -0.2) is 0 Å². The van der Waals surface area contributed by atoms with Gasteiger partial charge in [0, 0.05) is 35.0 Å². The molecule has 1 aliphatic carbocycles. The van der Waals surface area contributed by atoms with Gasteiger partial charge in [-0.3, -0.25) is 9.69 Å². The minimum atomic E-state index is -0.872. The Kier molecular flexibility index (Phi) is 7.40. The molecule has 1 heterocycles. The van der Waals surface area contributed by atoms with Gasteiger partial charge in [-0.15, -0.1) is 0 Å².